The van der Waals surface area contributed by atoms with Gasteiger partial charge in [0, 0.05) is 26.2 Å². The minimum absolute atomic E-state index is 0.102. The molecule has 0 saturated heterocycles. The average molecular weight is 569 g/mol. The van der Waals surface area contributed by atoms with E-state index in [2.05, 4.69) is 0 Å². The molecule has 1 amide bonds. The van der Waals surface area contributed by atoms with Crippen LogP contribution in [0, 0.1) is 0 Å². The van der Waals surface area contributed by atoms with Gasteiger partial charge >= 0.3 is 5.97 Å². The lowest BCUT2D eigenvalue weighted by Crippen LogP contribution is -2.42. The van der Waals surface area contributed by atoms with Gasteiger partial charge in [0.25, 0.3) is 5.91 Å². The van der Waals surface area contributed by atoms with Gasteiger partial charge in [0.05, 0.1) is 37.8 Å². The number of esters is 1. The van der Waals surface area contributed by atoms with E-state index in [9.17, 15) is 18.0 Å². The van der Waals surface area contributed by atoms with Crippen LogP contribution in [0.5, 0.6) is 17.2 Å². The van der Waals surface area contributed by atoms with Crippen molar-refractivity contribution in [2.45, 2.75) is 17.4 Å². The Balaban J connectivity index is 1.66. The lowest BCUT2D eigenvalue weighted by molar-refractivity contribution is 0.0582. The number of carbonyl (C=O) groups is 2. The Bertz CT molecular complexity index is 1490. The first kappa shape index (κ1) is 28.9. The zero-order chi connectivity index (χ0) is 29.0. The second kappa shape index (κ2) is 12.0. The van der Waals surface area contributed by atoms with Crippen molar-refractivity contribution in [3.8, 4) is 17.2 Å². The number of benzene rings is 3. The van der Waals surface area contributed by atoms with Crippen LogP contribution in [0.25, 0.3) is 0 Å². The minimum Gasteiger partial charge on any atom is -0.493 e. The molecule has 0 bridgehead atoms. The molecule has 40 heavy (non-hydrogen) atoms. The summed E-state index contributed by atoms with van der Waals surface area (Å²) in [5.74, 6) is 0.933. The van der Waals surface area contributed by atoms with Gasteiger partial charge in [-0.2, -0.15) is 0 Å². The number of hydrogen-bond donors (Lipinski definition) is 0. The molecule has 10 nitrogen and oxygen atoms in total. The Hall–Kier alpha value is -4.09. The lowest BCUT2D eigenvalue weighted by Gasteiger charge is -2.37. The first-order valence-corrected chi connectivity index (χ1v) is 13.9. The number of sulfonamides is 1. The maximum Gasteiger partial charge on any atom is 0.337 e. The van der Waals surface area contributed by atoms with Gasteiger partial charge in [0.1, 0.15) is 12.4 Å². The van der Waals surface area contributed by atoms with Crippen molar-refractivity contribution >= 4 is 21.9 Å². The average Bonchev–Trinajstić information content (AvgIpc) is 2.98. The van der Waals surface area contributed by atoms with Crippen molar-refractivity contribution in [2.24, 2.45) is 0 Å². The molecule has 3 aromatic rings. The second-order valence-corrected chi connectivity index (χ2v) is 11.5. The van der Waals surface area contributed by atoms with Crippen LogP contribution in [-0.2, 0) is 21.2 Å². The van der Waals surface area contributed by atoms with Gasteiger partial charge in [-0.3, -0.25) is 4.79 Å². The van der Waals surface area contributed by atoms with E-state index >= 15 is 0 Å². The molecule has 212 valence electrons. The van der Waals surface area contributed by atoms with Gasteiger partial charge in [-0.25, -0.2) is 17.5 Å². The van der Waals surface area contributed by atoms with Gasteiger partial charge in [-0.05, 0) is 78.2 Å². The molecule has 0 fully saturated rings. The van der Waals surface area contributed by atoms with E-state index in [1.165, 1.54) is 45.5 Å². The van der Waals surface area contributed by atoms with Crippen molar-refractivity contribution in [3.05, 3.63) is 82.9 Å². The fraction of sp³-hybridized carbons (Fsp3) is 0.310. The third-order valence-corrected chi connectivity index (χ3v) is 8.66. The van der Waals surface area contributed by atoms with E-state index in [4.69, 9.17) is 18.9 Å². The zero-order valence-electron chi connectivity index (χ0n) is 23.0. The van der Waals surface area contributed by atoms with Gasteiger partial charge in [0.15, 0.2) is 11.5 Å². The molecule has 4 rings (SSSR count). The second-order valence-electron chi connectivity index (χ2n) is 9.31. The summed E-state index contributed by atoms with van der Waals surface area (Å²) < 4.78 is 47.9. The van der Waals surface area contributed by atoms with Crippen molar-refractivity contribution in [1.29, 1.82) is 0 Å². The van der Waals surface area contributed by atoms with Gasteiger partial charge < -0.3 is 23.8 Å². The van der Waals surface area contributed by atoms with Crippen LogP contribution in [0.2, 0.25) is 0 Å². The van der Waals surface area contributed by atoms with Crippen molar-refractivity contribution < 1.29 is 37.0 Å². The molecule has 0 radical (unpaired) electrons. The number of rotatable bonds is 9. The van der Waals surface area contributed by atoms with Crippen LogP contribution in [0.3, 0.4) is 0 Å². The van der Waals surface area contributed by atoms with Gasteiger partial charge in [-0.1, -0.05) is 0 Å². The standard InChI is InChI=1S/C29H32N2O8S/c1-30(2)40(34,35)23-12-8-19(9-13-23)28(32)31-15-14-21-16-26(36-3)27(37-4)17-24(21)25(31)18-39-22-10-6-20(7-11-22)29(33)38-5/h6-13,16-17,25H,14-15,18H2,1-5H3/t25-/m1/s1. The number of nitrogens with zero attached hydrogens (tertiary/aromatic N) is 2. The molecule has 0 unspecified atom stereocenters. The summed E-state index contributed by atoms with van der Waals surface area (Å²) in [6, 6.07) is 15.7. The van der Waals surface area contributed by atoms with Crippen LogP contribution in [0.15, 0.2) is 65.6 Å². The fourth-order valence-electron chi connectivity index (χ4n) is 4.58. The molecule has 0 spiro atoms. The highest BCUT2D eigenvalue weighted by atomic mass is 32.2. The quantitative estimate of drug-likeness (QED) is 0.361. The van der Waals surface area contributed by atoms with E-state index in [-0.39, 0.29) is 17.4 Å². The SMILES string of the molecule is COC(=O)c1ccc(OC[C@@H]2c3cc(OC)c(OC)cc3CCN2C(=O)c2ccc(S(=O)(=O)N(C)C)cc2)cc1. The molecule has 1 aliphatic heterocycles. The molecule has 11 heteroatoms. The summed E-state index contributed by atoms with van der Waals surface area (Å²) >= 11 is 0. The number of ether oxygens (including phenoxy) is 4. The summed E-state index contributed by atoms with van der Waals surface area (Å²) in [6.45, 7) is 0.535. The summed E-state index contributed by atoms with van der Waals surface area (Å²) in [5.41, 5.74) is 2.61. The van der Waals surface area contributed by atoms with E-state index < -0.39 is 22.0 Å². The topological polar surface area (TPSA) is 112 Å². The summed E-state index contributed by atoms with van der Waals surface area (Å²) in [5, 5.41) is 0. The van der Waals surface area contributed by atoms with E-state index in [0.717, 1.165) is 15.4 Å². The third kappa shape index (κ3) is 5.75. The molecule has 0 aliphatic carbocycles. The lowest BCUT2D eigenvalue weighted by atomic mass is 9.91. The van der Waals surface area contributed by atoms with E-state index in [0.29, 0.717) is 41.3 Å². The van der Waals surface area contributed by atoms with Crippen LogP contribution in [-0.4, -0.2) is 78.1 Å². The Morgan fingerprint density at radius 2 is 1.50 bits per heavy atom. The molecular formula is C29H32N2O8S. The van der Waals surface area contributed by atoms with Crippen molar-refractivity contribution in [1.82, 2.24) is 9.21 Å². The molecule has 1 heterocycles. The monoisotopic (exact) mass is 568 g/mol. The summed E-state index contributed by atoms with van der Waals surface area (Å²) in [6.07, 6.45) is 0.582. The first-order chi connectivity index (χ1) is 19.1. The smallest absolute Gasteiger partial charge is 0.337 e. The molecule has 0 N–H and O–H groups in total. The van der Waals surface area contributed by atoms with E-state index in [1.807, 2.05) is 12.1 Å². The highest BCUT2D eigenvalue weighted by molar-refractivity contribution is 7.89. The predicted molar refractivity (Wildman–Crippen MR) is 148 cm³/mol. The fourth-order valence-corrected chi connectivity index (χ4v) is 5.48. The maximum atomic E-state index is 13.8. The molecule has 1 atom stereocenters. The Kier molecular flexibility index (Phi) is 8.65. The van der Waals surface area contributed by atoms with Gasteiger partial charge in [-0.15, -0.1) is 0 Å². The van der Waals surface area contributed by atoms with Gasteiger partial charge in [0.2, 0.25) is 10.0 Å². The van der Waals surface area contributed by atoms with Crippen LogP contribution in [0.1, 0.15) is 37.9 Å². The molecular weight excluding hydrogens is 536 g/mol. The van der Waals surface area contributed by atoms with Crippen LogP contribution >= 0.6 is 0 Å². The molecule has 0 aromatic heterocycles. The Morgan fingerprint density at radius 1 is 0.900 bits per heavy atom. The van der Waals surface area contributed by atoms with Crippen LogP contribution < -0.4 is 14.2 Å². The number of carbonyl (C=O) groups excluding carboxylic acids is 2. The normalized spacial score (nSPS) is 14.8. The first-order valence-electron chi connectivity index (χ1n) is 12.5. The zero-order valence-corrected chi connectivity index (χ0v) is 23.9. The highest BCUT2D eigenvalue weighted by Gasteiger charge is 2.33. The predicted octanol–water partition coefficient (Wildman–Crippen LogP) is 3.56. The molecule has 3 aromatic carbocycles. The van der Waals surface area contributed by atoms with Crippen LogP contribution in [0.4, 0.5) is 0 Å². The number of hydrogen-bond acceptors (Lipinski definition) is 8. The number of fused-ring (bicyclic) bond motifs is 1. The molecule has 0 saturated carbocycles. The van der Waals surface area contributed by atoms with Crippen molar-refractivity contribution in [3.63, 3.8) is 0 Å². The Morgan fingerprint density at radius 3 is 2.08 bits per heavy atom. The maximum absolute atomic E-state index is 13.8. The largest absolute Gasteiger partial charge is 0.493 e. The summed E-state index contributed by atoms with van der Waals surface area (Å²) in [4.78, 5) is 27.4. The van der Waals surface area contributed by atoms with E-state index in [1.54, 1.807) is 43.4 Å². The third-order valence-electron chi connectivity index (χ3n) is 6.83. The minimum atomic E-state index is -3.63. The molecule has 1 aliphatic rings. The summed E-state index contributed by atoms with van der Waals surface area (Å²) in [7, 11) is 3.72. The highest BCUT2D eigenvalue weighted by Crippen LogP contribution is 2.39. The number of methoxy groups -OCH3 is 3. The number of amides is 1. The van der Waals surface area contributed by atoms with Crippen molar-refractivity contribution in [2.75, 3.05) is 48.6 Å². The Labute approximate surface area is 234 Å².